The first-order chi connectivity index (χ1) is 13.2. The summed E-state index contributed by atoms with van der Waals surface area (Å²) in [6.45, 7) is 8.40. The predicted molar refractivity (Wildman–Crippen MR) is 112 cm³/mol. The van der Waals surface area contributed by atoms with Crippen LogP contribution in [-0.2, 0) is 10.0 Å². The second-order valence-corrected chi connectivity index (χ2v) is 9.63. The Morgan fingerprint density at radius 3 is 2.25 bits per heavy atom. The smallest absolute Gasteiger partial charge is 0.257 e. The largest absolute Gasteiger partial charge is 0.369 e. The van der Waals surface area contributed by atoms with Crippen LogP contribution in [0.4, 0.5) is 16.0 Å². The van der Waals surface area contributed by atoms with Gasteiger partial charge in [0.25, 0.3) is 5.91 Å². The highest BCUT2D eigenvalue weighted by Gasteiger charge is 2.19. The second kappa shape index (κ2) is 8.41. The van der Waals surface area contributed by atoms with Crippen molar-refractivity contribution in [2.45, 2.75) is 19.9 Å². The average molecular weight is 425 g/mol. The van der Waals surface area contributed by atoms with Crippen LogP contribution in [0.1, 0.15) is 24.2 Å². The molecule has 0 atom stereocenters. The fraction of sp³-hybridized carbons (Fsp3) is 0.471. The molecule has 2 N–H and O–H groups in total. The van der Waals surface area contributed by atoms with Crippen LogP contribution in [0.3, 0.4) is 0 Å². The first-order valence-corrected chi connectivity index (χ1v) is 11.6. The van der Waals surface area contributed by atoms with E-state index in [2.05, 4.69) is 43.9 Å². The number of carbonyl (C=O) groups excluding carboxylic acids is 1. The summed E-state index contributed by atoms with van der Waals surface area (Å²) in [6, 6.07) is 7.99. The van der Waals surface area contributed by atoms with E-state index >= 15 is 0 Å². The molecule has 2 heterocycles. The molecule has 1 aliphatic rings. The fourth-order valence-corrected chi connectivity index (χ4v) is 4.43. The van der Waals surface area contributed by atoms with Crippen LogP contribution in [0, 0.1) is 0 Å². The zero-order chi connectivity index (χ0) is 20.3. The van der Waals surface area contributed by atoms with E-state index in [4.69, 9.17) is 0 Å². The first-order valence-electron chi connectivity index (χ1n) is 8.93. The van der Waals surface area contributed by atoms with Gasteiger partial charge in [-0.15, -0.1) is 10.2 Å². The maximum atomic E-state index is 12.4. The van der Waals surface area contributed by atoms with Gasteiger partial charge in [0.1, 0.15) is 0 Å². The topological polar surface area (TPSA) is 108 Å². The van der Waals surface area contributed by atoms with Crippen LogP contribution in [0.2, 0.25) is 0 Å². The highest BCUT2D eigenvalue weighted by atomic mass is 32.2. The van der Waals surface area contributed by atoms with Gasteiger partial charge in [-0.25, -0.2) is 8.42 Å². The number of anilines is 3. The average Bonchev–Trinajstić information content (AvgIpc) is 3.06. The summed E-state index contributed by atoms with van der Waals surface area (Å²) in [4.78, 5) is 17.1. The van der Waals surface area contributed by atoms with Gasteiger partial charge in [-0.3, -0.25) is 19.7 Å². The molecule has 2 aromatic rings. The number of rotatable bonds is 6. The number of nitrogens with zero attached hydrogens (tertiary/aromatic N) is 4. The third-order valence-corrected chi connectivity index (χ3v) is 5.90. The molecule has 1 fully saturated rings. The molecule has 0 saturated carbocycles. The summed E-state index contributed by atoms with van der Waals surface area (Å²) in [5.74, 6) is -0.321. The van der Waals surface area contributed by atoms with Crippen molar-refractivity contribution >= 4 is 43.2 Å². The summed E-state index contributed by atoms with van der Waals surface area (Å²) in [5, 5.41) is 10.4. The van der Waals surface area contributed by atoms with Gasteiger partial charge < -0.3 is 4.90 Å². The molecule has 1 aromatic carbocycles. The molecule has 28 heavy (non-hydrogen) atoms. The van der Waals surface area contributed by atoms with Crippen LogP contribution in [0.25, 0.3) is 0 Å². The molecule has 152 valence electrons. The number of carbonyl (C=O) groups is 1. The SMILES string of the molecule is CC(C)N1CCN(c2ccc(C(=O)Nc3nnc(NS(C)(=O)=O)s3)cc2)CC1. The molecule has 0 aliphatic carbocycles. The van der Waals surface area contributed by atoms with Gasteiger partial charge in [0.15, 0.2) is 0 Å². The van der Waals surface area contributed by atoms with Gasteiger partial charge in [0.2, 0.25) is 20.3 Å². The maximum Gasteiger partial charge on any atom is 0.257 e. The Hall–Kier alpha value is -2.24. The monoisotopic (exact) mass is 424 g/mol. The summed E-state index contributed by atoms with van der Waals surface area (Å²) < 4.78 is 24.6. The summed E-state index contributed by atoms with van der Waals surface area (Å²) >= 11 is 0.954. The molecule has 3 rings (SSSR count). The Balaban J connectivity index is 1.58. The summed E-state index contributed by atoms with van der Waals surface area (Å²) in [7, 11) is -3.43. The lowest BCUT2D eigenvalue weighted by Gasteiger charge is -2.38. The second-order valence-electron chi connectivity index (χ2n) is 6.90. The number of aromatic nitrogens is 2. The fourth-order valence-electron chi connectivity index (χ4n) is 2.96. The first kappa shape index (κ1) is 20.5. The maximum absolute atomic E-state index is 12.4. The van der Waals surface area contributed by atoms with Crippen molar-refractivity contribution in [3.8, 4) is 0 Å². The van der Waals surface area contributed by atoms with E-state index in [0.717, 1.165) is 49.5 Å². The molecule has 0 unspecified atom stereocenters. The zero-order valence-corrected chi connectivity index (χ0v) is 17.7. The van der Waals surface area contributed by atoms with E-state index in [0.29, 0.717) is 11.6 Å². The number of amides is 1. The molecule has 1 aromatic heterocycles. The van der Waals surface area contributed by atoms with E-state index in [1.807, 2.05) is 12.1 Å². The lowest BCUT2D eigenvalue weighted by atomic mass is 10.1. The molecule has 0 bridgehead atoms. The number of hydrogen-bond donors (Lipinski definition) is 2. The van der Waals surface area contributed by atoms with Crippen molar-refractivity contribution in [3.05, 3.63) is 29.8 Å². The molecule has 1 aliphatic heterocycles. The van der Waals surface area contributed by atoms with E-state index in [9.17, 15) is 13.2 Å². The Labute approximate surface area is 168 Å². The predicted octanol–water partition coefficient (Wildman–Crippen LogP) is 1.69. The van der Waals surface area contributed by atoms with Crippen LogP contribution in [0.15, 0.2) is 24.3 Å². The minimum Gasteiger partial charge on any atom is -0.369 e. The standard InChI is InChI=1S/C17H24N6O3S2/c1-12(2)22-8-10-23(11-9-22)14-6-4-13(5-7-14)15(24)18-16-19-20-17(27-16)21-28(3,25)26/h4-7,12H,8-11H2,1-3H3,(H,20,21)(H,18,19,24). The van der Waals surface area contributed by atoms with Crippen LogP contribution in [-0.4, -0.2) is 67.9 Å². The van der Waals surface area contributed by atoms with Crippen LogP contribution >= 0.6 is 11.3 Å². The van der Waals surface area contributed by atoms with Gasteiger partial charge in [0, 0.05) is 43.5 Å². The van der Waals surface area contributed by atoms with Crippen molar-refractivity contribution in [1.82, 2.24) is 15.1 Å². The van der Waals surface area contributed by atoms with Gasteiger partial charge in [-0.1, -0.05) is 11.3 Å². The molecule has 1 saturated heterocycles. The van der Waals surface area contributed by atoms with E-state index < -0.39 is 10.0 Å². The van der Waals surface area contributed by atoms with Crippen molar-refractivity contribution < 1.29 is 13.2 Å². The van der Waals surface area contributed by atoms with E-state index in [-0.39, 0.29) is 16.2 Å². The number of piperazine rings is 1. The number of hydrogen-bond acceptors (Lipinski definition) is 8. The Morgan fingerprint density at radius 2 is 1.68 bits per heavy atom. The molecule has 0 radical (unpaired) electrons. The van der Waals surface area contributed by atoms with Gasteiger partial charge >= 0.3 is 0 Å². The summed E-state index contributed by atoms with van der Waals surface area (Å²) in [6.07, 6.45) is 1.02. The minimum atomic E-state index is -3.43. The minimum absolute atomic E-state index is 0.105. The lowest BCUT2D eigenvalue weighted by molar-refractivity contribution is 0.102. The molecule has 1 amide bonds. The Bertz CT molecular complexity index is 919. The van der Waals surface area contributed by atoms with Crippen molar-refractivity contribution in [1.29, 1.82) is 0 Å². The van der Waals surface area contributed by atoms with E-state index in [1.54, 1.807) is 12.1 Å². The van der Waals surface area contributed by atoms with Crippen molar-refractivity contribution in [2.24, 2.45) is 0 Å². The van der Waals surface area contributed by atoms with Gasteiger partial charge in [-0.2, -0.15) is 0 Å². The molecular weight excluding hydrogens is 400 g/mol. The third-order valence-electron chi connectivity index (χ3n) is 4.46. The molecule has 9 nitrogen and oxygen atoms in total. The van der Waals surface area contributed by atoms with Crippen LogP contribution < -0.4 is 14.9 Å². The molecule has 11 heteroatoms. The van der Waals surface area contributed by atoms with Crippen molar-refractivity contribution in [2.75, 3.05) is 47.4 Å². The quantitative estimate of drug-likeness (QED) is 0.726. The zero-order valence-electron chi connectivity index (χ0n) is 16.0. The van der Waals surface area contributed by atoms with Gasteiger partial charge in [-0.05, 0) is 38.1 Å². The van der Waals surface area contributed by atoms with Crippen LogP contribution in [0.5, 0.6) is 0 Å². The molecular formula is C17H24N6O3S2. The summed E-state index contributed by atoms with van der Waals surface area (Å²) in [5.41, 5.74) is 1.59. The Morgan fingerprint density at radius 1 is 1.07 bits per heavy atom. The van der Waals surface area contributed by atoms with Gasteiger partial charge in [0.05, 0.1) is 6.26 Å². The number of sulfonamides is 1. The number of nitrogens with one attached hydrogen (secondary N) is 2. The highest BCUT2D eigenvalue weighted by Crippen LogP contribution is 2.22. The number of benzene rings is 1. The highest BCUT2D eigenvalue weighted by molar-refractivity contribution is 7.92. The molecule has 0 spiro atoms. The third kappa shape index (κ3) is 5.40. The van der Waals surface area contributed by atoms with E-state index in [1.165, 1.54) is 0 Å². The Kier molecular flexibility index (Phi) is 6.16. The lowest BCUT2D eigenvalue weighted by Crippen LogP contribution is -2.48. The normalized spacial score (nSPS) is 15.6. The van der Waals surface area contributed by atoms with Crippen molar-refractivity contribution in [3.63, 3.8) is 0 Å².